The molecule has 0 unspecified atom stereocenters. The van der Waals surface area contributed by atoms with Crippen LogP contribution < -0.4 is 0 Å². The Hall–Kier alpha value is -3.49. The molecule has 0 fully saturated rings. The first kappa shape index (κ1) is 25.1. The summed E-state index contributed by atoms with van der Waals surface area (Å²) in [6.07, 6.45) is 1.23. The molecular formula is C25H19BrClNO6. The Morgan fingerprint density at radius 2 is 1.65 bits per heavy atom. The molecule has 1 atom stereocenters. The van der Waals surface area contributed by atoms with Gasteiger partial charge in [-0.25, -0.2) is 9.59 Å². The average molecular weight is 545 g/mol. The van der Waals surface area contributed by atoms with Gasteiger partial charge < -0.3 is 9.47 Å². The molecular weight excluding hydrogens is 526 g/mol. The van der Waals surface area contributed by atoms with E-state index in [1.165, 1.54) is 18.2 Å². The Balaban J connectivity index is 1.90. The molecule has 0 aliphatic carbocycles. The van der Waals surface area contributed by atoms with Gasteiger partial charge in [0.15, 0.2) is 0 Å². The summed E-state index contributed by atoms with van der Waals surface area (Å²) in [6.45, 7) is -0.610. The molecule has 174 valence electrons. The van der Waals surface area contributed by atoms with Crippen LogP contribution in [0.25, 0.3) is 0 Å². The molecule has 0 saturated carbocycles. The lowest BCUT2D eigenvalue weighted by molar-refractivity contribution is -0.481. The Kier molecular flexibility index (Phi) is 8.95. The van der Waals surface area contributed by atoms with Crippen molar-refractivity contribution in [3.63, 3.8) is 0 Å². The molecule has 3 aromatic carbocycles. The van der Waals surface area contributed by atoms with Crippen molar-refractivity contribution in [2.45, 2.75) is 12.5 Å². The van der Waals surface area contributed by atoms with Crippen LogP contribution in [0.3, 0.4) is 0 Å². The zero-order chi connectivity index (χ0) is 24.5. The lowest BCUT2D eigenvalue weighted by Crippen LogP contribution is -2.18. The van der Waals surface area contributed by atoms with Crippen LogP contribution in [0.4, 0.5) is 0 Å². The number of ether oxygens (including phenoxy) is 2. The second kappa shape index (κ2) is 12.1. The lowest BCUT2D eigenvalue weighted by Gasteiger charge is -2.13. The maximum Gasteiger partial charge on any atom is 0.374 e. The van der Waals surface area contributed by atoms with Crippen molar-refractivity contribution in [1.29, 1.82) is 0 Å². The number of nitro groups is 1. The van der Waals surface area contributed by atoms with Gasteiger partial charge in [0, 0.05) is 14.4 Å². The number of carbonyl (C=O) groups is 2. The van der Waals surface area contributed by atoms with E-state index in [9.17, 15) is 19.7 Å². The summed E-state index contributed by atoms with van der Waals surface area (Å²) in [7, 11) is 0. The quantitative estimate of drug-likeness (QED) is 0.109. The maximum absolute atomic E-state index is 12.9. The van der Waals surface area contributed by atoms with E-state index in [2.05, 4.69) is 15.9 Å². The molecule has 0 spiro atoms. The molecule has 3 rings (SSSR count). The fourth-order valence-corrected chi connectivity index (χ4v) is 3.38. The second-order valence-electron chi connectivity index (χ2n) is 7.16. The number of carbonyl (C=O) groups excluding carboxylic acids is 2. The monoisotopic (exact) mass is 543 g/mol. The van der Waals surface area contributed by atoms with E-state index >= 15 is 0 Å². The van der Waals surface area contributed by atoms with Gasteiger partial charge in [-0.1, -0.05) is 70.0 Å². The third kappa shape index (κ3) is 7.54. The number of esters is 2. The summed E-state index contributed by atoms with van der Waals surface area (Å²) in [4.78, 5) is 36.3. The minimum absolute atomic E-state index is 0.0762. The Bertz CT molecular complexity index is 1180. The van der Waals surface area contributed by atoms with Gasteiger partial charge in [-0.3, -0.25) is 10.1 Å². The SMILES string of the molecule is O=C(OCc1ccc(Br)cc1)/C(=C/[C@H](C[N+](=O)[O-])c1ccc(Cl)cc1)OC(=O)c1ccccc1. The largest absolute Gasteiger partial charge is 0.455 e. The van der Waals surface area contributed by atoms with Crippen LogP contribution in [0, 0.1) is 10.1 Å². The van der Waals surface area contributed by atoms with Crippen LogP contribution in [-0.4, -0.2) is 23.4 Å². The molecule has 0 N–H and O–H groups in total. The van der Waals surface area contributed by atoms with E-state index in [4.69, 9.17) is 21.1 Å². The highest BCUT2D eigenvalue weighted by atomic mass is 79.9. The highest BCUT2D eigenvalue weighted by Crippen LogP contribution is 2.23. The van der Waals surface area contributed by atoms with Crippen molar-refractivity contribution in [2.24, 2.45) is 0 Å². The van der Waals surface area contributed by atoms with Gasteiger partial charge in [0.05, 0.1) is 11.5 Å². The summed E-state index contributed by atoms with van der Waals surface area (Å²) in [5.41, 5.74) is 1.45. The highest BCUT2D eigenvalue weighted by Gasteiger charge is 2.24. The topological polar surface area (TPSA) is 95.7 Å². The van der Waals surface area contributed by atoms with Crippen LogP contribution >= 0.6 is 27.5 Å². The first-order chi connectivity index (χ1) is 16.3. The van der Waals surface area contributed by atoms with Gasteiger partial charge in [-0.2, -0.15) is 0 Å². The summed E-state index contributed by atoms with van der Waals surface area (Å²) >= 11 is 9.26. The number of hydrogen-bond donors (Lipinski definition) is 0. The Morgan fingerprint density at radius 3 is 2.26 bits per heavy atom. The zero-order valence-electron chi connectivity index (χ0n) is 17.7. The minimum atomic E-state index is -0.922. The fourth-order valence-electron chi connectivity index (χ4n) is 2.99. The van der Waals surface area contributed by atoms with Crippen LogP contribution in [0.1, 0.15) is 27.4 Å². The standard InChI is InChI=1S/C25H19BrClNO6/c26-21-10-6-17(7-11-21)16-33-25(30)23(34-24(29)19-4-2-1-3-5-19)14-20(15-28(31)32)18-8-12-22(27)13-9-18/h1-14,20H,15-16H2/b23-14-/t20-/m1/s1. The highest BCUT2D eigenvalue weighted by molar-refractivity contribution is 9.10. The number of halogens is 2. The molecule has 0 aliphatic heterocycles. The van der Waals surface area contributed by atoms with Crippen molar-refractivity contribution < 1.29 is 24.0 Å². The fraction of sp³-hybridized carbons (Fsp3) is 0.120. The van der Waals surface area contributed by atoms with Crippen LogP contribution in [-0.2, 0) is 20.9 Å². The molecule has 7 nitrogen and oxygen atoms in total. The van der Waals surface area contributed by atoms with E-state index < -0.39 is 35.1 Å². The van der Waals surface area contributed by atoms with Crippen molar-refractivity contribution >= 4 is 39.5 Å². The first-order valence-corrected chi connectivity index (χ1v) is 11.3. The van der Waals surface area contributed by atoms with E-state index in [1.54, 1.807) is 66.7 Å². The normalized spacial score (nSPS) is 12.0. The molecule has 0 aliphatic rings. The number of benzene rings is 3. The summed E-state index contributed by atoms with van der Waals surface area (Å²) < 4.78 is 11.6. The van der Waals surface area contributed by atoms with Crippen molar-refractivity contribution in [2.75, 3.05) is 6.54 Å². The van der Waals surface area contributed by atoms with Gasteiger partial charge in [0.1, 0.15) is 6.61 Å². The Morgan fingerprint density at radius 1 is 1.00 bits per heavy atom. The maximum atomic E-state index is 12.9. The van der Waals surface area contributed by atoms with Crippen molar-refractivity contribution in [3.8, 4) is 0 Å². The van der Waals surface area contributed by atoms with Gasteiger partial charge in [-0.05, 0) is 53.6 Å². The van der Waals surface area contributed by atoms with E-state index in [0.717, 1.165) is 4.47 Å². The third-order valence-electron chi connectivity index (χ3n) is 4.69. The molecule has 0 aromatic heterocycles. The smallest absolute Gasteiger partial charge is 0.374 e. The first-order valence-electron chi connectivity index (χ1n) is 10.1. The number of nitrogens with zero attached hydrogens (tertiary/aromatic N) is 1. The van der Waals surface area contributed by atoms with Crippen molar-refractivity contribution in [1.82, 2.24) is 0 Å². The summed E-state index contributed by atoms with van der Waals surface area (Å²) in [6, 6.07) is 21.6. The zero-order valence-corrected chi connectivity index (χ0v) is 20.1. The number of rotatable bonds is 9. The predicted octanol–water partition coefficient (Wildman–Crippen LogP) is 5.95. The molecule has 9 heteroatoms. The molecule has 0 bridgehead atoms. The molecule has 3 aromatic rings. The van der Waals surface area contributed by atoms with E-state index in [1.807, 2.05) is 0 Å². The molecule has 34 heavy (non-hydrogen) atoms. The Labute approximate surface area is 209 Å². The van der Waals surface area contributed by atoms with Crippen LogP contribution in [0.5, 0.6) is 0 Å². The van der Waals surface area contributed by atoms with Crippen LogP contribution in [0.2, 0.25) is 5.02 Å². The predicted molar refractivity (Wildman–Crippen MR) is 130 cm³/mol. The van der Waals surface area contributed by atoms with Crippen molar-refractivity contribution in [3.05, 3.63) is 127 Å². The summed E-state index contributed by atoms with van der Waals surface area (Å²) in [5.74, 6) is -3.02. The van der Waals surface area contributed by atoms with Gasteiger partial charge in [0.25, 0.3) is 0 Å². The lowest BCUT2D eigenvalue weighted by atomic mass is 9.98. The minimum Gasteiger partial charge on any atom is -0.455 e. The third-order valence-corrected chi connectivity index (χ3v) is 5.47. The molecule has 0 radical (unpaired) electrons. The van der Waals surface area contributed by atoms with E-state index in [0.29, 0.717) is 16.1 Å². The van der Waals surface area contributed by atoms with Crippen LogP contribution in [0.15, 0.2) is 95.2 Å². The van der Waals surface area contributed by atoms with Gasteiger partial charge in [0.2, 0.25) is 12.3 Å². The average Bonchev–Trinajstić information content (AvgIpc) is 2.83. The second-order valence-corrected chi connectivity index (χ2v) is 8.51. The van der Waals surface area contributed by atoms with E-state index in [-0.39, 0.29) is 12.2 Å². The molecule has 0 heterocycles. The van der Waals surface area contributed by atoms with Gasteiger partial charge >= 0.3 is 11.9 Å². The molecule has 0 amide bonds. The summed E-state index contributed by atoms with van der Waals surface area (Å²) in [5, 5.41) is 11.8. The number of hydrogen-bond acceptors (Lipinski definition) is 6. The van der Waals surface area contributed by atoms with Gasteiger partial charge in [-0.15, -0.1) is 0 Å². The molecule has 0 saturated heterocycles.